The van der Waals surface area contributed by atoms with E-state index in [0.717, 1.165) is 4.34 Å². The van der Waals surface area contributed by atoms with Crippen molar-refractivity contribution in [1.82, 2.24) is 10.2 Å². The van der Waals surface area contributed by atoms with Gasteiger partial charge in [-0.15, -0.1) is 16.8 Å². The number of thioether (sulfide) groups is 1. The largest absolute Gasteiger partial charge is 0.486 e. The predicted octanol–water partition coefficient (Wildman–Crippen LogP) is 2.64. The van der Waals surface area contributed by atoms with Crippen LogP contribution in [0.2, 0.25) is 0 Å². The van der Waals surface area contributed by atoms with Gasteiger partial charge in [-0.1, -0.05) is 29.2 Å². The fourth-order valence-electron chi connectivity index (χ4n) is 1.94. The second-order valence-electron chi connectivity index (χ2n) is 4.74. The zero-order valence-electron chi connectivity index (χ0n) is 12.8. The van der Waals surface area contributed by atoms with Crippen LogP contribution in [0.25, 0.3) is 0 Å². The fraction of sp³-hybridized carbons (Fsp3) is 0.267. The van der Waals surface area contributed by atoms with E-state index in [-0.39, 0.29) is 11.7 Å². The number of aromatic nitrogens is 2. The first-order valence-electron chi connectivity index (χ1n) is 7.25. The number of benzene rings is 1. The summed E-state index contributed by atoms with van der Waals surface area (Å²) in [5, 5.41) is 14.6. The van der Waals surface area contributed by atoms with Gasteiger partial charge in [-0.2, -0.15) is 0 Å². The number of carbonyl (C=O) groups excluding carboxylic acids is 1. The Labute approximate surface area is 147 Å². The average Bonchev–Trinajstić information content (AvgIpc) is 3.06. The minimum Gasteiger partial charge on any atom is -0.486 e. The van der Waals surface area contributed by atoms with Crippen molar-refractivity contribution in [2.24, 2.45) is 0 Å². The summed E-state index contributed by atoms with van der Waals surface area (Å²) >= 11 is 2.75. The third kappa shape index (κ3) is 4.39. The van der Waals surface area contributed by atoms with Crippen LogP contribution < -0.4 is 20.1 Å². The number of hydrogen-bond donors (Lipinski definition) is 2. The van der Waals surface area contributed by atoms with Crippen LogP contribution >= 0.6 is 23.1 Å². The van der Waals surface area contributed by atoms with Gasteiger partial charge >= 0.3 is 0 Å². The highest BCUT2D eigenvalue weighted by atomic mass is 32.2. The van der Waals surface area contributed by atoms with E-state index in [1.165, 1.54) is 23.1 Å². The molecule has 0 aliphatic carbocycles. The van der Waals surface area contributed by atoms with Crippen molar-refractivity contribution >= 4 is 39.8 Å². The van der Waals surface area contributed by atoms with Crippen LogP contribution in [-0.2, 0) is 4.79 Å². The second kappa shape index (κ2) is 8.02. The number of amides is 1. The average molecular weight is 364 g/mol. The van der Waals surface area contributed by atoms with Crippen molar-refractivity contribution in [2.45, 2.75) is 4.34 Å². The van der Waals surface area contributed by atoms with Crippen LogP contribution in [0, 0.1) is 0 Å². The maximum atomic E-state index is 12.1. The molecule has 0 fully saturated rings. The molecule has 1 amide bonds. The molecule has 0 saturated heterocycles. The van der Waals surface area contributed by atoms with Crippen LogP contribution in [0.15, 0.2) is 35.2 Å². The third-order valence-corrected chi connectivity index (χ3v) is 4.97. The molecular formula is C15H16N4O3S2. The molecule has 9 heteroatoms. The lowest BCUT2D eigenvalue weighted by atomic mass is 10.2. The summed E-state index contributed by atoms with van der Waals surface area (Å²) in [7, 11) is 0. The lowest BCUT2D eigenvalue weighted by Gasteiger charge is -2.18. The SMILES string of the molecule is C=CCNc1nnc(SCC(=O)Nc2ccc3c(c2)OCCO3)s1. The second-order valence-corrected chi connectivity index (χ2v) is 6.94. The van der Waals surface area contributed by atoms with Crippen LogP contribution in [0.1, 0.15) is 0 Å². The minimum atomic E-state index is -0.118. The van der Waals surface area contributed by atoms with E-state index in [0.29, 0.717) is 42.1 Å². The number of rotatable bonds is 7. The molecule has 126 valence electrons. The van der Waals surface area contributed by atoms with Crippen molar-refractivity contribution < 1.29 is 14.3 Å². The lowest BCUT2D eigenvalue weighted by Crippen LogP contribution is -2.17. The van der Waals surface area contributed by atoms with Crippen molar-refractivity contribution in [2.75, 3.05) is 36.1 Å². The summed E-state index contributed by atoms with van der Waals surface area (Å²) in [4.78, 5) is 12.1. The first-order valence-corrected chi connectivity index (χ1v) is 9.05. The zero-order chi connectivity index (χ0) is 16.8. The van der Waals surface area contributed by atoms with Gasteiger partial charge in [0.1, 0.15) is 13.2 Å². The number of carbonyl (C=O) groups is 1. The number of fused-ring (bicyclic) bond motifs is 1. The molecule has 0 saturated carbocycles. The summed E-state index contributed by atoms with van der Waals surface area (Å²) in [5.74, 6) is 1.48. The lowest BCUT2D eigenvalue weighted by molar-refractivity contribution is -0.113. The first kappa shape index (κ1) is 16.6. The van der Waals surface area contributed by atoms with Gasteiger partial charge in [0, 0.05) is 18.3 Å². The number of hydrogen-bond acceptors (Lipinski definition) is 8. The van der Waals surface area contributed by atoms with Crippen LogP contribution in [0.5, 0.6) is 11.5 Å². The van der Waals surface area contributed by atoms with Crippen molar-refractivity contribution in [3.05, 3.63) is 30.9 Å². The molecule has 0 bridgehead atoms. The quantitative estimate of drug-likeness (QED) is 0.577. The summed E-state index contributed by atoms with van der Waals surface area (Å²) < 4.78 is 11.7. The van der Waals surface area contributed by atoms with E-state index in [9.17, 15) is 4.79 Å². The van der Waals surface area contributed by atoms with Crippen molar-refractivity contribution in [3.8, 4) is 11.5 Å². The van der Waals surface area contributed by atoms with Gasteiger partial charge < -0.3 is 20.1 Å². The Balaban J connectivity index is 1.50. The van der Waals surface area contributed by atoms with Gasteiger partial charge in [-0.25, -0.2) is 0 Å². The Kier molecular flexibility index (Phi) is 5.55. The van der Waals surface area contributed by atoms with Gasteiger partial charge in [-0.05, 0) is 12.1 Å². The minimum absolute atomic E-state index is 0.118. The molecule has 0 atom stereocenters. The number of anilines is 2. The van der Waals surface area contributed by atoms with Gasteiger partial charge in [0.25, 0.3) is 0 Å². The van der Waals surface area contributed by atoms with E-state index >= 15 is 0 Å². The van der Waals surface area contributed by atoms with E-state index in [1.807, 2.05) is 0 Å². The Morgan fingerprint density at radius 2 is 2.17 bits per heavy atom. The normalized spacial score (nSPS) is 12.5. The molecule has 7 nitrogen and oxygen atoms in total. The zero-order valence-corrected chi connectivity index (χ0v) is 14.4. The highest BCUT2D eigenvalue weighted by Gasteiger charge is 2.13. The number of nitrogens with zero attached hydrogens (tertiary/aromatic N) is 2. The predicted molar refractivity (Wildman–Crippen MR) is 95.4 cm³/mol. The molecule has 2 N–H and O–H groups in total. The van der Waals surface area contributed by atoms with E-state index < -0.39 is 0 Å². The molecule has 1 aliphatic heterocycles. The Morgan fingerprint density at radius 3 is 3.00 bits per heavy atom. The molecule has 3 rings (SSSR count). The van der Waals surface area contributed by atoms with Crippen molar-refractivity contribution in [3.63, 3.8) is 0 Å². The first-order chi connectivity index (χ1) is 11.7. The monoisotopic (exact) mass is 364 g/mol. The molecule has 0 spiro atoms. The summed E-state index contributed by atoms with van der Waals surface area (Å²) in [6, 6.07) is 5.34. The highest BCUT2D eigenvalue weighted by Crippen LogP contribution is 2.32. The molecule has 24 heavy (non-hydrogen) atoms. The van der Waals surface area contributed by atoms with Gasteiger partial charge in [0.15, 0.2) is 15.8 Å². The van der Waals surface area contributed by atoms with E-state index in [2.05, 4.69) is 27.4 Å². The van der Waals surface area contributed by atoms with Crippen LogP contribution in [-0.4, -0.2) is 41.6 Å². The van der Waals surface area contributed by atoms with Gasteiger partial charge in [0.2, 0.25) is 11.0 Å². The Hall–Kier alpha value is -2.26. The highest BCUT2D eigenvalue weighted by molar-refractivity contribution is 8.01. The molecule has 0 radical (unpaired) electrons. The van der Waals surface area contributed by atoms with Gasteiger partial charge in [0.05, 0.1) is 5.75 Å². The van der Waals surface area contributed by atoms with Crippen LogP contribution in [0.4, 0.5) is 10.8 Å². The molecule has 1 aliphatic rings. The molecule has 2 aromatic rings. The summed E-state index contributed by atoms with van der Waals surface area (Å²) in [5.41, 5.74) is 0.676. The summed E-state index contributed by atoms with van der Waals surface area (Å²) in [6.45, 7) is 5.31. The Morgan fingerprint density at radius 1 is 1.33 bits per heavy atom. The molecule has 0 unspecified atom stereocenters. The van der Waals surface area contributed by atoms with Gasteiger partial charge in [-0.3, -0.25) is 4.79 Å². The van der Waals surface area contributed by atoms with E-state index in [1.54, 1.807) is 24.3 Å². The summed E-state index contributed by atoms with van der Waals surface area (Å²) in [6.07, 6.45) is 1.75. The number of ether oxygens (including phenoxy) is 2. The smallest absolute Gasteiger partial charge is 0.234 e. The molecule has 1 aromatic carbocycles. The fourth-order valence-corrected chi connectivity index (χ4v) is 3.50. The standard InChI is InChI=1S/C15H16N4O3S2/c1-2-5-16-14-18-19-15(24-14)23-9-13(20)17-10-3-4-11-12(8-10)22-7-6-21-11/h2-4,8H,1,5-7,9H2,(H,16,18)(H,17,20). The third-order valence-electron chi connectivity index (χ3n) is 2.96. The maximum Gasteiger partial charge on any atom is 0.234 e. The van der Waals surface area contributed by atoms with Crippen LogP contribution in [0.3, 0.4) is 0 Å². The van der Waals surface area contributed by atoms with E-state index in [4.69, 9.17) is 9.47 Å². The Bertz CT molecular complexity index is 735. The topological polar surface area (TPSA) is 85.4 Å². The maximum absolute atomic E-state index is 12.1. The molecular weight excluding hydrogens is 348 g/mol. The number of nitrogens with one attached hydrogen (secondary N) is 2. The molecule has 1 aromatic heterocycles. The van der Waals surface area contributed by atoms with Crippen molar-refractivity contribution in [1.29, 1.82) is 0 Å². The molecule has 2 heterocycles.